The van der Waals surface area contributed by atoms with Crippen molar-refractivity contribution in [3.63, 3.8) is 0 Å². The van der Waals surface area contributed by atoms with Gasteiger partial charge in [-0.3, -0.25) is 0 Å². The van der Waals surface area contributed by atoms with Crippen LogP contribution in [0.15, 0.2) is 0 Å². The minimum Gasteiger partial charge on any atom is -0.383 e. The molecular formula is C13H30ClN3O5S. The Morgan fingerprint density at radius 3 is 2.17 bits per heavy atom. The lowest BCUT2D eigenvalue weighted by atomic mass is 9.99. The molecule has 1 aliphatic rings. The lowest BCUT2D eigenvalue weighted by molar-refractivity contribution is 0.121. The van der Waals surface area contributed by atoms with Crippen LogP contribution in [0.25, 0.3) is 0 Å². The van der Waals surface area contributed by atoms with Crippen molar-refractivity contribution in [1.29, 1.82) is 0 Å². The molecule has 1 rings (SSSR count). The van der Waals surface area contributed by atoms with Crippen molar-refractivity contribution in [2.24, 2.45) is 0 Å². The highest BCUT2D eigenvalue weighted by Crippen LogP contribution is 2.19. The van der Waals surface area contributed by atoms with Crippen molar-refractivity contribution in [3.05, 3.63) is 0 Å². The largest absolute Gasteiger partial charge is 0.383 e. The number of halogens is 1. The predicted octanol–water partition coefficient (Wildman–Crippen LogP) is -0.394. The first kappa shape index (κ1) is 23.0. The molecule has 8 nitrogen and oxygen atoms in total. The SMILES string of the molecule is COCCN(CCOC)S(=O)(=O)NCC1(COC)CCCN1.Cl. The molecule has 0 radical (unpaired) electrons. The molecular weight excluding hydrogens is 346 g/mol. The molecule has 0 spiro atoms. The molecule has 10 heteroatoms. The summed E-state index contributed by atoms with van der Waals surface area (Å²) in [4.78, 5) is 0. The monoisotopic (exact) mass is 375 g/mol. The number of nitrogens with one attached hydrogen (secondary N) is 2. The molecule has 1 saturated heterocycles. The topological polar surface area (TPSA) is 89.1 Å². The van der Waals surface area contributed by atoms with Crippen LogP contribution in [0.3, 0.4) is 0 Å². The smallest absolute Gasteiger partial charge is 0.279 e. The second-order valence-electron chi connectivity index (χ2n) is 5.45. The van der Waals surface area contributed by atoms with E-state index in [4.69, 9.17) is 14.2 Å². The van der Waals surface area contributed by atoms with E-state index in [2.05, 4.69) is 10.0 Å². The Balaban J connectivity index is 0.00000484. The van der Waals surface area contributed by atoms with Gasteiger partial charge in [-0.2, -0.15) is 12.7 Å². The lowest BCUT2D eigenvalue weighted by Gasteiger charge is -2.30. The first-order chi connectivity index (χ1) is 10.5. The molecule has 2 N–H and O–H groups in total. The van der Waals surface area contributed by atoms with Crippen LogP contribution in [-0.2, 0) is 24.4 Å². The Morgan fingerprint density at radius 1 is 1.13 bits per heavy atom. The van der Waals surface area contributed by atoms with Gasteiger partial charge < -0.3 is 19.5 Å². The van der Waals surface area contributed by atoms with Crippen LogP contribution in [0.4, 0.5) is 0 Å². The minimum atomic E-state index is -3.58. The van der Waals surface area contributed by atoms with Crippen molar-refractivity contribution in [2.45, 2.75) is 18.4 Å². The van der Waals surface area contributed by atoms with Gasteiger partial charge in [0.1, 0.15) is 0 Å². The lowest BCUT2D eigenvalue weighted by Crippen LogP contribution is -2.55. The number of nitrogens with zero attached hydrogens (tertiary/aromatic N) is 1. The van der Waals surface area contributed by atoms with Crippen LogP contribution >= 0.6 is 12.4 Å². The first-order valence-electron chi connectivity index (χ1n) is 7.46. The summed E-state index contributed by atoms with van der Waals surface area (Å²) < 4.78 is 44.2. The summed E-state index contributed by atoms with van der Waals surface area (Å²) in [6.45, 7) is 2.92. The highest BCUT2D eigenvalue weighted by molar-refractivity contribution is 7.87. The van der Waals surface area contributed by atoms with Crippen molar-refractivity contribution in [1.82, 2.24) is 14.3 Å². The first-order valence-corrected chi connectivity index (χ1v) is 8.90. The summed E-state index contributed by atoms with van der Waals surface area (Å²) in [5.41, 5.74) is -0.323. The van der Waals surface area contributed by atoms with E-state index < -0.39 is 10.2 Å². The van der Waals surface area contributed by atoms with Crippen molar-refractivity contribution in [3.8, 4) is 0 Å². The van der Waals surface area contributed by atoms with Gasteiger partial charge in [-0.1, -0.05) is 0 Å². The summed E-state index contributed by atoms with van der Waals surface area (Å²) in [5, 5.41) is 3.35. The van der Waals surface area contributed by atoms with Crippen LogP contribution in [0.1, 0.15) is 12.8 Å². The van der Waals surface area contributed by atoms with E-state index in [0.717, 1.165) is 19.4 Å². The zero-order chi connectivity index (χ0) is 16.5. The number of methoxy groups -OCH3 is 3. The summed E-state index contributed by atoms with van der Waals surface area (Å²) in [7, 11) is 1.13. The van der Waals surface area contributed by atoms with Crippen LogP contribution in [0.5, 0.6) is 0 Å². The summed E-state index contributed by atoms with van der Waals surface area (Å²) in [6.07, 6.45) is 1.90. The van der Waals surface area contributed by atoms with Crippen molar-refractivity contribution in [2.75, 3.05) is 67.3 Å². The highest BCUT2D eigenvalue weighted by atomic mass is 35.5. The van der Waals surface area contributed by atoms with Crippen molar-refractivity contribution >= 4 is 22.6 Å². The molecule has 1 atom stereocenters. The number of hydrogen-bond donors (Lipinski definition) is 2. The van der Waals surface area contributed by atoms with E-state index >= 15 is 0 Å². The molecule has 23 heavy (non-hydrogen) atoms. The van der Waals surface area contributed by atoms with Gasteiger partial charge in [-0.05, 0) is 19.4 Å². The van der Waals surface area contributed by atoms with Gasteiger partial charge in [0, 0.05) is 41.0 Å². The molecule has 0 aromatic rings. The third-order valence-electron chi connectivity index (χ3n) is 3.78. The Kier molecular flexibility index (Phi) is 11.5. The fourth-order valence-corrected chi connectivity index (χ4v) is 3.80. The fraction of sp³-hybridized carbons (Fsp3) is 1.00. The van der Waals surface area contributed by atoms with Gasteiger partial charge in [0.25, 0.3) is 10.2 Å². The van der Waals surface area contributed by atoms with E-state index in [0.29, 0.717) is 39.5 Å². The highest BCUT2D eigenvalue weighted by Gasteiger charge is 2.35. The van der Waals surface area contributed by atoms with Crippen LogP contribution in [0, 0.1) is 0 Å². The maximum absolute atomic E-state index is 12.5. The molecule has 1 heterocycles. The van der Waals surface area contributed by atoms with E-state index in [1.54, 1.807) is 21.3 Å². The molecule has 140 valence electrons. The average molecular weight is 376 g/mol. The third kappa shape index (κ3) is 7.61. The van der Waals surface area contributed by atoms with Crippen LogP contribution in [-0.4, -0.2) is 85.6 Å². The van der Waals surface area contributed by atoms with E-state index in [9.17, 15) is 8.42 Å². The maximum Gasteiger partial charge on any atom is 0.279 e. The summed E-state index contributed by atoms with van der Waals surface area (Å²) in [5.74, 6) is 0. The van der Waals surface area contributed by atoms with Gasteiger partial charge in [-0.25, -0.2) is 4.72 Å². The minimum absolute atomic E-state index is 0. The second-order valence-corrected chi connectivity index (χ2v) is 7.21. The predicted molar refractivity (Wildman–Crippen MR) is 91.3 cm³/mol. The third-order valence-corrected chi connectivity index (χ3v) is 5.33. The van der Waals surface area contributed by atoms with Crippen LogP contribution in [0.2, 0.25) is 0 Å². The Morgan fingerprint density at radius 2 is 1.74 bits per heavy atom. The van der Waals surface area contributed by atoms with Gasteiger partial charge in [-0.15, -0.1) is 12.4 Å². The number of ether oxygens (including phenoxy) is 3. The molecule has 0 aromatic heterocycles. The quantitative estimate of drug-likeness (QED) is 0.483. The number of rotatable bonds is 12. The standard InChI is InChI=1S/C13H29N3O5S.ClH/c1-19-9-7-16(8-10-20-2)22(17,18)15-11-13(12-21-3)5-4-6-14-13;/h14-15H,4-12H2,1-3H3;1H. The molecule has 0 bridgehead atoms. The molecule has 1 unspecified atom stereocenters. The van der Waals surface area contributed by atoms with E-state index in [1.165, 1.54) is 4.31 Å². The normalized spacial score (nSPS) is 21.6. The summed E-state index contributed by atoms with van der Waals surface area (Å²) >= 11 is 0. The molecule has 0 aromatic carbocycles. The van der Waals surface area contributed by atoms with Gasteiger partial charge >= 0.3 is 0 Å². The van der Waals surface area contributed by atoms with E-state index in [1.807, 2.05) is 0 Å². The molecule has 1 aliphatic heterocycles. The molecule has 0 aliphatic carbocycles. The number of hydrogen-bond acceptors (Lipinski definition) is 6. The zero-order valence-electron chi connectivity index (χ0n) is 14.2. The second kappa shape index (κ2) is 11.5. The average Bonchev–Trinajstić information content (AvgIpc) is 2.95. The van der Waals surface area contributed by atoms with Gasteiger partial charge in [0.05, 0.1) is 25.4 Å². The summed E-state index contributed by atoms with van der Waals surface area (Å²) in [6, 6.07) is 0. The van der Waals surface area contributed by atoms with Crippen LogP contribution < -0.4 is 10.0 Å². The molecule has 1 fully saturated rings. The van der Waals surface area contributed by atoms with E-state index in [-0.39, 0.29) is 17.9 Å². The Bertz CT molecular complexity index is 396. The molecule has 0 saturated carbocycles. The maximum atomic E-state index is 12.5. The van der Waals surface area contributed by atoms with Gasteiger partial charge in [0.15, 0.2) is 0 Å². The Hall–Kier alpha value is -0.0000000000000000555. The van der Waals surface area contributed by atoms with Gasteiger partial charge in [0.2, 0.25) is 0 Å². The Labute approximate surface area is 145 Å². The van der Waals surface area contributed by atoms with Crippen molar-refractivity contribution < 1.29 is 22.6 Å². The zero-order valence-corrected chi connectivity index (χ0v) is 15.8. The fourth-order valence-electron chi connectivity index (χ4n) is 2.53. The molecule has 0 amide bonds.